The first-order valence-electron chi connectivity index (χ1n) is 10.5. The van der Waals surface area contributed by atoms with Crippen molar-refractivity contribution < 1.29 is 19.0 Å². The summed E-state index contributed by atoms with van der Waals surface area (Å²) in [7, 11) is 0. The van der Waals surface area contributed by atoms with Crippen LogP contribution >= 0.6 is 11.3 Å². The van der Waals surface area contributed by atoms with Gasteiger partial charge in [-0.25, -0.2) is 28.3 Å². The maximum Gasteiger partial charge on any atom is 0.354 e. The number of carboxylic acids is 1. The van der Waals surface area contributed by atoms with E-state index in [4.69, 9.17) is 9.84 Å². The second-order valence-corrected chi connectivity index (χ2v) is 8.37. The Morgan fingerprint density at radius 2 is 1.77 bits per heavy atom. The van der Waals surface area contributed by atoms with Crippen LogP contribution in [0, 0.1) is 12.7 Å². The summed E-state index contributed by atoms with van der Waals surface area (Å²) in [6.45, 7) is 3.48. The molecule has 0 unspecified atom stereocenters. The van der Waals surface area contributed by atoms with Crippen LogP contribution in [0.1, 0.15) is 27.9 Å². The van der Waals surface area contributed by atoms with Crippen molar-refractivity contribution in [2.75, 3.05) is 5.32 Å². The predicted molar refractivity (Wildman–Crippen MR) is 128 cm³/mol. The fraction of sp³-hybridized carbons (Fsp3) is 0.174. The van der Waals surface area contributed by atoms with Crippen molar-refractivity contribution in [2.24, 2.45) is 0 Å². The van der Waals surface area contributed by atoms with Crippen LogP contribution in [0.2, 0.25) is 0 Å². The molecule has 0 spiro atoms. The molecule has 2 aromatic heterocycles. The molecule has 0 amide bonds. The Labute approximate surface area is 201 Å². The standard InChI is InChI=1S/C23H20FN5O5S/c1-3-28-21(32)27-20(29(23(28)33)12-14-4-6-15(24)7-5-14)26-16-8-10-17(11-9-16)34-22-25-13(2)18(35-22)19(30)31/h4-11H,3,12H2,1-2H3,(H,30,31)(H,26,27,32). The Kier molecular flexibility index (Phi) is 6.73. The van der Waals surface area contributed by atoms with Crippen molar-refractivity contribution in [3.8, 4) is 10.9 Å². The number of carbonyl (C=O) groups is 1. The van der Waals surface area contributed by atoms with Gasteiger partial charge in [0.25, 0.3) is 5.19 Å². The first kappa shape index (κ1) is 23.8. The topological polar surface area (TPSA) is 128 Å². The lowest BCUT2D eigenvalue weighted by atomic mass is 10.2. The molecule has 4 rings (SSSR count). The number of aryl methyl sites for hydroxylation is 1. The third-order valence-electron chi connectivity index (χ3n) is 5.01. The molecule has 4 aromatic rings. The quantitative estimate of drug-likeness (QED) is 0.378. The third-order valence-corrected chi connectivity index (χ3v) is 6.03. The third kappa shape index (κ3) is 5.27. The number of ether oxygens (including phenoxy) is 1. The van der Waals surface area contributed by atoms with Gasteiger partial charge in [-0.2, -0.15) is 4.98 Å². The molecule has 0 radical (unpaired) electrons. The molecule has 0 aliphatic carbocycles. The number of benzene rings is 2. The maximum absolute atomic E-state index is 13.3. The number of nitrogens with one attached hydrogen (secondary N) is 1. The normalized spacial score (nSPS) is 10.8. The summed E-state index contributed by atoms with van der Waals surface area (Å²) in [4.78, 5) is 44.7. The Balaban J connectivity index is 1.60. The van der Waals surface area contributed by atoms with Crippen LogP contribution in [0.4, 0.5) is 16.0 Å². The van der Waals surface area contributed by atoms with E-state index in [1.165, 1.54) is 16.7 Å². The van der Waals surface area contributed by atoms with Crippen LogP contribution in [0.3, 0.4) is 0 Å². The highest BCUT2D eigenvalue weighted by molar-refractivity contribution is 7.15. The Hall–Kier alpha value is -4.32. The molecule has 0 aliphatic rings. The number of anilines is 2. The summed E-state index contributed by atoms with van der Waals surface area (Å²) >= 11 is 0.923. The van der Waals surface area contributed by atoms with Crippen LogP contribution in [-0.4, -0.2) is 30.2 Å². The molecule has 0 fully saturated rings. The first-order chi connectivity index (χ1) is 16.7. The van der Waals surface area contributed by atoms with Gasteiger partial charge in [-0.15, -0.1) is 0 Å². The molecular formula is C23H20FN5O5S. The Morgan fingerprint density at radius 1 is 1.09 bits per heavy atom. The van der Waals surface area contributed by atoms with Crippen molar-refractivity contribution >= 4 is 28.9 Å². The smallest absolute Gasteiger partial charge is 0.354 e. The van der Waals surface area contributed by atoms with E-state index in [1.807, 2.05) is 0 Å². The van der Waals surface area contributed by atoms with Crippen molar-refractivity contribution in [1.29, 1.82) is 0 Å². The summed E-state index contributed by atoms with van der Waals surface area (Å²) in [6, 6.07) is 12.2. The zero-order valence-electron chi connectivity index (χ0n) is 18.7. The molecule has 0 atom stereocenters. The minimum absolute atomic E-state index is 0.0318. The molecule has 0 aliphatic heterocycles. The second-order valence-electron chi connectivity index (χ2n) is 7.41. The second kappa shape index (κ2) is 9.89. The zero-order chi connectivity index (χ0) is 25.1. The van der Waals surface area contributed by atoms with Crippen LogP contribution < -0.4 is 21.4 Å². The van der Waals surface area contributed by atoms with Gasteiger partial charge >= 0.3 is 17.3 Å². The van der Waals surface area contributed by atoms with Crippen LogP contribution in [0.5, 0.6) is 10.9 Å². The number of aromatic carboxylic acids is 1. The largest absolute Gasteiger partial charge is 0.477 e. The van der Waals surface area contributed by atoms with E-state index in [1.54, 1.807) is 50.2 Å². The van der Waals surface area contributed by atoms with Gasteiger partial charge in [0, 0.05) is 12.2 Å². The van der Waals surface area contributed by atoms with Gasteiger partial charge in [0.05, 0.1) is 12.2 Å². The molecule has 0 bridgehead atoms. The highest BCUT2D eigenvalue weighted by Gasteiger charge is 2.16. The zero-order valence-corrected chi connectivity index (χ0v) is 19.5. The number of aromatic nitrogens is 4. The molecule has 2 heterocycles. The summed E-state index contributed by atoms with van der Waals surface area (Å²) < 4.78 is 21.2. The van der Waals surface area contributed by atoms with E-state index in [0.717, 1.165) is 15.9 Å². The van der Waals surface area contributed by atoms with Gasteiger partial charge in [-0.1, -0.05) is 23.5 Å². The summed E-state index contributed by atoms with van der Waals surface area (Å²) in [5.74, 6) is -1.02. The molecule has 0 saturated carbocycles. The SMILES string of the molecule is CCn1c(=O)nc(Nc2ccc(Oc3nc(C)c(C(=O)O)s3)cc2)n(Cc2ccc(F)cc2)c1=O. The first-order valence-corrected chi connectivity index (χ1v) is 11.3. The molecule has 0 saturated heterocycles. The fourth-order valence-electron chi connectivity index (χ4n) is 3.26. The van der Waals surface area contributed by atoms with Gasteiger partial charge in [0.15, 0.2) is 0 Å². The lowest BCUT2D eigenvalue weighted by Gasteiger charge is -2.15. The van der Waals surface area contributed by atoms with Crippen molar-refractivity contribution in [3.63, 3.8) is 0 Å². The molecule has 2 aromatic carbocycles. The van der Waals surface area contributed by atoms with E-state index < -0.39 is 23.2 Å². The van der Waals surface area contributed by atoms with E-state index in [-0.39, 0.29) is 29.1 Å². The van der Waals surface area contributed by atoms with Gasteiger partial charge in [0.2, 0.25) is 5.95 Å². The number of carboxylic acid groups (broad SMARTS) is 1. The van der Waals surface area contributed by atoms with E-state index in [0.29, 0.717) is 22.7 Å². The van der Waals surface area contributed by atoms with Gasteiger partial charge in [-0.05, 0) is 55.8 Å². The lowest BCUT2D eigenvalue weighted by molar-refractivity contribution is 0.0701. The monoisotopic (exact) mass is 497 g/mol. The fourth-order valence-corrected chi connectivity index (χ4v) is 4.04. The number of hydrogen-bond acceptors (Lipinski definition) is 8. The minimum Gasteiger partial charge on any atom is -0.477 e. The molecule has 35 heavy (non-hydrogen) atoms. The van der Waals surface area contributed by atoms with Crippen LogP contribution in [0.25, 0.3) is 0 Å². The maximum atomic E-state index is 13.3. The van der Waals surface area contributed by atoms with Gasteiger partial charge in [-0.3, -0.25) is 4.57 Å². The van der Waals surface area contributed by atoms with Crippen molar-refractivity contribution in [3.05, 3.63) is 91.5 Å². The Morgan fingerprint density at radius 3 is 2.37 bits per heavy atom. The van der Waals surface area contributed by atoms with Crippen molar-refractivity contribution in [1.82, 2.24) is 19.1 Å². The molecular weight excluding hydrogens is 477 g/mol. The number of halogens is 1. The predicted octanol–water partition coefficient (Wildman–Crippen LogP) is 3.61. The summed E-state index contributed by atoms with van der Waals surface area (Å²) in [5.41, 5.74) is 0.300. The van der Waals surface area contributed by atoms with Gasteiger partial charge < -0.3 is 15.2 Å². The minimum atomic E-state index is -1.07. The average molecular weight is 498 g/mol. The van der Waals surface area contributed by atoms with Gasteiger partial charge in [0.1, 0.15) is 16.4 Å². The highest BCUT2D eigenvalue weighted by atomic mass is 32.1. The number of rotatable bonds is 8. The molecule has 180 valence electrons. The van der Waals surface area contributed by atoms with E-state index >= 15 is 0 Å². The number of hydrogen-bond donors (Lipinski definition) is 2. The number of nitrogens with zero attached hydrogens (tertiary/aromatic N) is 4. The van der Waals surface area contributed by atoms with E-state index in [9.17, 15) is 18.8 Å². The average Bonchev–Trinajstić information content (AvgIpc) is 3.19. The van der Waals surface area contributed by atoms with Crippen LogP contribution in [-0.2, 0) is 13.1 Å². The summed E-state index contributed by atoms with van der Waals surface area (Å²) in [6.07, 6.45) is 0. The number of thiazole rings is 1. The molecule has 2 N–H and O–H groups in total. The van der Waals surface area contributed by atoms with Crippen molar-refractivity contribution in [2.45, 2.75) is 26.9 Å². The Bertz CT molecular complexity index is 1490. The molecule has 10 nitrogen and oxygen atoms in total. The summed E-state index contributed by atoms with van der Waals surface area (Å²) in [5, 5.41) is 12.3. The lowest BCUT2D eigenvalue weighted by Crippen LogP contribution is -2.42. The molecule has 12 heteroatoms. The highest BCUT2D eigenvalue weighted by Crippen LogP contribution is 2.30. The van der Waals surface area contributed by atoms with E-state index in [2.05, 4.69) is 15.3 Å². The van der Waals surface area contributed by atoms with Crippen LogP contribution in [0.15, 0.2) is 58.1 Å².